The minimum absolute atomic E-state index is 0.588. The molecule has 12 heteroatoms. The summed E-state index contributed by atoms with van der Waals surface area (Å²) in [6.45, 7) is -0.965. The summed E-state index contributed by atoms with van der Waals surface area (Å²) in [5.74, 6) is -13.8. The zero-order valence-corrected chi connectivity index (χ0v) is 11.2. The van der Waals surface area contributed by atoms with Gasteiger partial charge in [0, 0.05) is 12.3 Å². The molecular formula is C12H5F8N3O. The lowest BCUT2D eigenvalue weighted by Crippen LogP contribution is -2.30. The summed E-state index contributed by atoms with van der Waals surface area (Å²) < 4.78 is 103. The SMILES string of the molecule is O=C(Nc1ccn(Cc2c(F)c(F)c(F)c(F)c2F)n1)C(F)(F)F. The van der Waals surface area contributed by atoms with Crippen molar-refractivity contribution in [2.45, 2.75) is 12.7 Å². The molecule has 0 saturated heterocycles. The van der Waals surface area contributed by atoms with Gasteiger partial charge in [0.2, 0.25) is 5.82 Å². The molecule has 1 amide bonds. The predicted molar refractivity (Wildman–Crippen MR) is 62.2 cm³/mol. The largest absolute Gasteiger partial charge is 0.471 e. The molecule has 0 aliphatic carbocycles. The van der Waals surface area contributed by atoms with Gasteiger partial charge in [-0.3, -0.25) is 9.48 Å². The Hall–Kier alpha value is -2.66. The Labute approximate surface area is 127 Å². The van der Waals surface area contributed by atoms with E-state index in [-0.39, 0.29) is 0 Å². The van der Waals surface area contributed by atoms with Crippen LogP contribution in [0.2, 0.25) is 0 Å². The van der Waals surface area contributed by atoms with Crippen molar-refractivity contribution in [1.29, 1.82) is 0 Å². The highest BCUT2D eigenvalue weighted by Crippen LogP contribution is 2.24. The van der Waals surface area contributed by atoms with Crippen molar-refractivity contribution in [2.24, 2.45) is 0 Å². The summed E-state index contributed by atoms with van der Waals surface area (Å²) in [6, 6.07) is 0.843. The molecule has 1 heterocycles. The molecular weight excluding hydrogens is 354 g/mol. The normalized spacial score (nSPS) is 11.7. The molecule has 0 bridgehead atoms. The Morgan fingerprint density at radius 3 is 2.00 bits per heavy atom. The maximum absolute atomic E-state index is 13.5. The van der Waals surface area contributed by atoms with Crippen LogP contribution in [-0.2, 0) is 11.3 Å². The minimum Gasteiger partial charge on any atom is -0.301 e. The quantitative estimate of drug-likeness (QED) is 0.520. The lowest BCUT2D eigenvalue weighted by molar-refractivity contribution is -0.167. The van der Waals surface area contributed by atoms with E-state index in [0.29, 0.717) is 4.68 Å². The van der Waals surface area contributed by atoms with Crippen LogP contribution in [0.3, 0.4) is 0 Å². The molecule has 4 nitrogen and oxygen atoms in total. The lowest BCUT2D eigenvalue weighted by atomic mass is 10.1. The van der Waals surface area contributed by atoms with E-state index in [1.807, 2.05) is 0 Å². The van der Waals surface area contributed by atoms with Crippen LogP contribution in [0.1, 0.15) is 5.56 Å². The molecule has 1 N–H and O–H groups in total. The number of halogens is 8. The van der Waals surface area contributed by atoms with Gasteiger partial charge >= 0.3 is 12.1 Å². The number of rotatable bonds is 3. The van der Waals surface area contributed by atoms with E-state index in [0.717, 1.165) is 12.3 Å². The van der Waals surface area contributed by atoms with Crippen molar-refractivity contribution in [1.82, 2.24) is 9.78 Å². The molecule has 0 saturated carbocycles. The number of nitrogens with zero attached hydrogens (tertiary/aromatic N) is 2. The third kappa shape index (κ3) is 3.31. The molecule has 0 aliphatic rings. The summed E-state index contributed by atoms with van der Waals surface area (Å²) in [5.41, 5.74) is -1.23. The Morgan fingerprint density at radius 2 is 1.50 bits per heavy atom. The Kier molecular flexibility index (Phi) is 4.49. The maximum atomic E-state index is 13.5. The van der Waals surface area contributed by atoms with Crippen molar-refractivity contribution in [3.05, 3.63) is 46.9 Å². The average molecular weight is 359 g/mol. The Morgan fingerprint density at radius 1 is 1.00 bits per heavy atom. The number of carbonyl (C=O) groups is 1. The highest BCUT2D eigenvalue weighted by atomic mass is 19.4. The standard InChI is InChI=1S/C12H5F8N3O/c13-6-4(7(14)9(16)10(17)8(6)15)3-23-2-1-5(22-23)21-11(24)12(18,19)20/h1-2H,3H2,(H,21,22,24). The zero-order chi connectivity index (χ0) is 18.2. The first-order chi connectivity index (χ1) is 11.0. The number of amides is 1. The number of carbonyl (C=O) groups excluding carboxylic acids is 1. The number of anilines is 1. The highest BCUT2D eigenvalue weighted by molar-refractivity contribution is 5.94. The number of alkyl halides is 3. The van der Waals surface area contributed by atoms with Crippen molar-refractivity contribution in [2.75, 3.05) is 5.32 Å². The number of hydrogen-bond acceptors (Lipinski definition) is 2. The monoisotopic (exact) mass is 359 g/mol. The first-order valence-corrected chi connectivity index (χ1v) is 5.94. The van der Waals surface area contributed by atoms with Crippen molar-refractivity contribution in [3.63, 3.8) is 0 Å². The van der Waals surface area contributed by atoms with Gasteiger partial charge in [-0.05, 0) is 0 Å². The molecule has 2 aromatic rings. The van der Waals surface area contributed by atoms with E-state index in [1.54, 1.807) is 0 Å². The molecule has 0 fully saturated rings. The number of benzene rings is 1. The predicted octanol–water partition coefficient (Wildman–Crippen LogP) is 3.13. The molecule has 0 aliphatic heterocycles. The van der Waals surface area contributed by atoms with Crippen molar-refractivity contribution < 1.29 is 39.9 Å². The third-order valence-corrected chi connectivity index (χ3v) is 2.76. The van der Waals surface area contributed by atoms with Gasteiger partial charge in [0.15, 0.2) is 29.1 Å². The molecule has 0 spiro atoms. The first-order valence-electron chi connectivity index (χ1n) is 5.94. The van der Waals surface area contributed by atoms with Gasteiger partial charge in [0.25, 0.3) is 0 Å². The lowest BCUT2D eigenvalue weighted by Gasteiger charge is -2.08. The van der Waals surface area contributed by atoms with E-state index >= 15 is 0 Å². The molecule has 0 atom stereocenters. The van der Waals surface area contributed by atoms with Gasteiger partial charge in [0.05, 0.1) is 12.1 Å². The van der Waals surface area contributed by atoms with Crippen LogP contribution in [0.25, 0.3) is 0 Å². The summed E-state index contributed by atoms with van der Waals surface area (Å²) in [7, 11) is 0. The molecule has 24 heavy (non-hydrogen) atoms. The van der Waals surface area contributed by atoms with Crippen LogP contribution in [0, 0.1) is 29.1 Å². The molecule has 0 radical (unpaired) electrons. The van der Waals surface area contributed by atoms with Gasteiger partial charge in [-0.15, -0.1) is 0 Å². The molecule has 130 valence electrons. The van der Waals surface area contributed by atoms with E-state index in [4.69, 9.17) is 0 Å². The summed E-state index contributed by atoms with van der Waals surface area (Å²) in [4.78, 5) is 10.7. The smallest absolute Gasteiger partial charge is 0.301 e. The summed E-state index contributed by atoms with van der Waals surface area (Å²) in [5, 5.41) is 4.69. The molecule has 1 aromatic carbocycles. The topological polar surface area (TPSA) is 46.9 Å². The van der Waals surface area contributed by atoms with Gasteiger partial charge in [-0.2, -0.15) is 18.3 Å². The first kappa shape index (κ1) is 17.7. The van der Waals surface area contributed by atoms with Gasteiger partial charge in [0.1, 0.15) is 0 Å². The fraction of sp³-hybridized carbons (Fsp3) is 0.167. The van der Waals surface area contributed by atoms with Crippen LogP contribution >= 0.6 is 0 Å². The second kappa shape index (κ2) is 6.09. The molecule has 2 rings (SSSR count). The maximum Gasteiger partial charge on any atom is 0.471 e. The average Bonchev–Trinajstić information content (AvgIpc) is 2.94. The fourth-order valence-electron chi connectivity index (χ4n) is 1.65. The van der Waals surface area contributed by atoms with Gasteiger partial charge in [-0.25, -0.2) is 22.0 Å². The number of hydrogen-bond donors (Lipinski definition) is 1. The van der Waals surface area contributed by atoms with E-state index in [1.165, 1.54) is 5.32 Å². The minimum atomic E-state index is -5.19. The van der Waals surface area contributed by atoms with Crippen molar-refractivity contribution >= 4 is 11.7 Å². The van der Waals surface area contributed by atoms with Crippen LogP contribution < -0.4 is 5.32 Å². The Balaban J connectivity index is 2.27. The van der Waals surface area contributed by atoms with E-state index in [2.05, 4.69) is 5.10 Å². The van der Waals surface area contributed by atoms with Crippen LogP contribution in [0.5, 0.6) is 0 Å². The van der Waals surface area contributed by atoms with Gasteiger partial charge < -0.3 is 5.32 Å². The Bertz CT molecular complexity index is 769. The number of aromatic nitrogens is 2. The molecule has 1 aromatic heterocycles. The van der Waals surface area contributed by atoms with Crippen LogP contribution in [0.4, 0.5) is 40.9 Å². The van der Waals surface area contributed by atoms with Gasteiger partial charge in [-0.1, -0.05) is 0 Å². The second-order valence-electron chi connectivity index (χ2n) is 4.40. The zero-order valence-electron chi connectivity index (χ0n) is 11.2. The van der Waals surface area contributed by atoms with E-state index in [9.17, 15) is 39.9 Å². The highest BCUT2D eigenvalue weighted by Gasteiger charge is 2.39. The van der Waals surface area contributed by atoms with E-state index < -0.39 is 59.1 Å². The fourth-order valence-corrected chi connectivity index (χ4v) is 1.65. The van der Waals surface area contributed by atoms with Crippen LogP contribution in [0.15, 0.2) is 12.3 Å². The second-order valence-corrected chi connectivity index (χ2v) is 4.40. The van der Waals surface area contributed by atoms with Crippen molar-refractivity contribution in [3.8, 4) is 0 Å². The molecule has 0 unspecified atom stereocenters. The summed E-state index contributed by atoms with van der Waals surface area (Å²) in [6.07, 6.45) is -4.31. The van der Waals surface area contributed by atoms with Crippen LogP contribution in [-0.4, -0.2) is 21.9 Å². The number of nitrogens with one attached hydrogen (secondary N) is 1. The summed E-state index contributed by atoms with van der Waals surface area (Å²) >= 11 is 0. The third-order valence-electron chi connectivity index (χ3n) is 2.76.